The van der Waals surface area contributed by atoms with Crippen molar-refractivity contribution in [1.29, 1.82) is 0 Å². The van der Waals surface area contributed by atoms with Crippen LogP contribution in [0.3, 0.4) is 0 Å². The highest BCUT2D eigenvalue weighted by molar-refractivity contribution is 5.92. The number of ether oxygens (including phenoxy) is 3. The van der Waals surface area contributed by atoms with E-state index < -0.39 is 23.3 Å². The van der Waals surface area contributed by atoms with Gasteiger partial charge in [0.15, 0.2) is 11.5 Å². The number of alkyl halides is 2. The molecule has 2 N–H and O–H groups in total. The quantitative estimate of drug-likeness (QED) is 0.416. The number of anilines is 1. The molecule has 8 nitrogen and oxygen atoms in total. The Morgan fingerprint density at radius 3 is 2.47 bits per heavy atom. The molecular formula is C24H30F2N4O4. The summed E-state index contributed by atoms with van der Waals surface area (Å²) in [6.07, 6.45) is 1.30. The van der Waals surface area contributed by atoms with E-state index in [9.17, 15) is 13.9 Å². The topological polar surface area (TPSA) is 98.6 Å². The zero-order chi connectivity index (χ0) is 25.1. The number of hydrogen-bond donors (Lipinski definition) is 2. The molecule has 0 bridgehead atoms. The lowest BCUT2D eigenvalue weighted by molar-refractivity contribution is -0.171. The van der Waals surface area contributed by atoms with Crippen LogP contribution in [0.1, 0.15) is 43.9 Å². The Morgan fingerprint density at radius 1 is 1.09 bits per heavy atom. The smallest absolute Gasteiger partial charge is 0.317 e. The second kappa shape index (κ2) is 10.0. The van der Waals surface area contributed by atoms with Crippen molar-refractivity contribution in [2.75, 3.05) is 32.8 Å². The van der Waals surface area contributed by atoms with Gasteiger partial charge in [0, 0.05) is 24.8 Å². The van der Waals surface area contributed by atoms with Crippen LogP contribution in [0.4, 0.5) is 14.6 Å². The highest BCUT2D eigenvalue weighted by atomic mass is 19.3. The first-order valence-corrected chi connectivity index (χ1v) is 10.8. The zero-order valence-electron chi connectivity index (χ0n) is 20.1. The van der Waals surface area contributed by atoms with Gasteiger partial charge in [0.2, 0.25) is 0 Å². The van der Waals surface area contributed by atoms with E-state index in [1.54, 1.807) is 39.3 Å². The number of halogens is 2. The van der Waals surface area contributed by atoms with Crippen molar-refractivity contribution in [3.05, 3.63) is 47.5 Å². The second-order valence-corrected chi connectivity index (χ2v) is 8.45. The number of fused-ring (bicyclic) bond motifs is 1. The van der Waals surface area contributed by atoms with Gasteiger partial charge in [-0.15, -0.1) is 0 Å². The van der Waals surface area contributed by atoms with Gasteiger partial charge in [0.25, 0.3) is 0 Å². The predicted octanol–water partition coefficient (Wildman–Crippen LogP) is 4.40. The van der Waals surface area contributed by atoms with Gasteiger partial charge >= 0.3 is 5.92 Å². The van der Waals surface area contributed by atoms with Gasteiger partial charge < -0.3 is 24.6 Å². The van der Waals surface area contributed by atoms with Crippen molar-refractivity contribution in [2.24, 2.45) is 0 Å². The summed E-state index contributed by atoms with van der Waals surface area (Å²) < 4.78 is 45.6. The Balaban J connectivity index is 1.98. The number of aryl methyl sites for hydroxylation is 1. The van der Waals surface area contributed by atoms with E-state index >= 15 is 0 Å². The number of rotatable bonds is 10. The van der Waals surface area contributed by atoms with Crippen LogP contribution >= 0.6 is 0 Å². The minimum Gasteiger partial charge on any atom is -0.493 e. The number of hydrogen-bond acceptors (Lipinski definition) is 8. The summed E-state index contributed by atoms with van der Waals surface area (Å²) in [4.78, 5) is 12.8. The molecule has 0 aliphatic rings. The van der Waals surface area contributed by atoms with Crippen molar-refractivity contribution in [1.82, 2.24) is 15.0 Å². The van der Waals surface area contributed by atoms with E-state index in [1.807, 2.05) is 6.92 Å². The number of aromatic nitrogens is 3. The molecule has 0 radical (unpaired) electrons. The molecule has 0 aliphatic carbocycles. The van der Waals surface area contributed by atoms with Crippen LogP contribution < -0.4 is 14.8 Å². The fourth-order valence-corrected chi connectivity index (χ4v) is 3.36. The van der Waals surface area contributed by atoms with E-state index in [4.69, 9.17) is 14.2 Å². The van der Waals surface area contributed by atoms with Gasteiger partial charge in [0.1, 0.15) is 29.5 Å². The number of benzene rings is 1. The summed E-state index contributed by atoms with van der Waals surface area (Å²) in [7, 11) is 3.13. The second-order valence-electron chi connectivity index (χ2n) is 8.45. The van der Waals surface area contributed by atoms with E-state index in [1.165, 1.54) is 12.3 Å². The monoisotopic (exact) mass is 476 g/mol. The normalized spacial score (nSPS) is 13.1. The molecule has 0 aliphatic heterocycles. The third kappa shape index (κ3) is 5.34. The van der Waals surface area contributed by atoms with Gasteiger partial charge in [-0.25, -0.2) is 9.97 Å². The minimum absolute atomic E-state index is 0.333. The zero-order valence-corrected chi connectivity index (χ0v) is 20.1. The number of nitrogens with zero attached hydrogens (tertiary/aromatic N) is 3. The first-order valence-electron chi connectivity index (χ1n) is 10.8. The lowest BCUT2D eigenvalue weighted by atomic mass is 9.95. The van der Waals surface area contributed by atoms with Crippen molar-refractivity contribution >= 4 is 16.7 Å². The van der Waals surface area contributed by atoms with Crippen LogP contribution in [0, 0.1) is 6.92 Å². The first kappa shape index (κ1) is 25.5. The maximum Gasteiger partial charge on any atom is 0.317 e. The molecule has 2 heterocycles. The molecule has 0 amide bonds. The molecule has 2 aromatic heterocycles. The molecule has 0 saturated heterocycles. The standard InChI is InChI=1S/C24H30F2N4O4/c1-14(16-7-8-27-21(11-16)24(25,26)23(3,4)31)28-22-17-12-20(34-10-9-32-5)19(33-6)13-18(17)29-15(2)30-22/h7-8,11-14,31H,9-10H2,1-6H3,(H,28,29,30)/t14-/m1/s1. The molecule has 0 spiro atoms. The fraction of sp³-hybridized carbons (Fsp3) is 0.458. The Hall–Kier alpha value is -3.11. The van der Waals surface area contributed by atoms with Crippen LogP contribution in [0.2, 0.25) is 0 Å². The van der Waals surface area contributed by atoms with Gasteiger partial charge in [-0.05, 0) is 51.5 Å². The summed E-state index contributed by atoms with van der Waals surface area (Å²) >= 11 is 0. The van der Waals surface area contributed by atoms with E-state index in [2.05, 4.69) is 20.3 Å². The van der Waals surface area contributed by atoms with Crippen LogP contribution in [0.5, 0.6) is 11.5 Å². The van der Waals surface area contributed by atoms with Gasteiger partial charge in [0.05, 0.1) is 25.3 Å². The Labute approximate surface area is 197 Å². The van der Waals surface area contributed by atoms with Crippen LogP contribution in [0.25, 0.3) is 10.9 Å². The first-order chi connectivity index (χ1) is 16.0. The SMILES string of the molecule is COCCOc1cc2c(N[C@H](C)c3ccnc(C(F)(F)C(C)(C)O)c3)nc(C)nc2cc1OC. The van der Waals surface area contributed by atoms with Gasteiger partial charge in [-0.3, -0.25) is 4.98 Å². The van der Waals surface area contributed by atoms with Crippen molar-refractivity contribution in [2.45, 2.75) is 45.3 Å². The lowest BCUT2D eigenvalue weighted by Crippen LogP contribution is -2.40. The van der Waals surface area contributed by atoms with Crippen molar-refractivity contribution in [3.8, 4) is 11.5 Å². The Kier molecular flexibility index (Phi) is 7.52. The summed E-state index contributed by atoms with van der Waals surface area (Å²) in [6.45, 7) is 6.44. The highest BCUT2D eigenvalue weighted by Crippen LogP contribution is 2.39. The molecule has 1 aromatic carbocycles. The summed E-state index contributed by atoms with van der Waals surface area (Å²) in [6, 6.07) is 6.06. The minimum atomic E-state index is -3.52. The molecule has 0 fully saturated rings. The highest BCUT2D eigenvalue weighted by Gasteiger charge is 2.48. The molecule has 0 saturated carbocycles. The van der Waals surface area contributed by atoms with Crippen LogP contribution in [-0.4, -0.2) is 53.1 Å². The van der Waals surface area contributed by atoms with Crippen molar-refractivity contribution in [3.63, 3.8) is 0 Å². The summed E-state index contributed by atoms with van der Waals surface area (Å²) in [5, 5.41) is 13.9. The molecule has 3 aromatic rings. The maximum atomic E-state index is 14.6. The number of pyridine rings is 1. The molecule has 0 unspecified atom stereocenters. The number of nitrogens with one attached hydrogen (secondary N) is 1. The van der Waals surface area contributed by atoms with Crippen LogP contribution in [-0.2, 0) is 10.7 Å². The third-order valence-electron chi connectivity index (χ3n) is 5.37. The molecule has 184 valence electrons. The van der Waals surface area contributed by atoms with E-state index in [-0.39, 0.29) is 0 Å². The van der Waals surface area contributed by atoms with Crippen molar-refractivity contribution < 1.29 is 28.1 Å². The third-order valence-corrected chi connectivity index (χ3v) is 5.37. The van der Waals surface area contributed by atoms with Gasteiger partial charge in [-0.2, -0.15) is 8.78 Å². The summed E-state index contributed by atoms with van der Waals surface area (Å²) in [5.41, 5.74) is -1.56. The summed E-state index contributed by atoms with van der Waals surface area (Å²) in [5.74, 6) is -1.45. The van der Waals surface area contributed by atoms with Crippen LogP contribution in [0.15, 0.2) is 30.5 Å². The fourth-order valence-electron chi connectivity index (χ4n) is 3.36. The number of methoxy groups -OCH3 is 2. The van der Waals surface area contributed by atoms with E-state index in [0.29, 0.717) is 52.8 Å². The molecule has 3 rings (SSSR count). The maximum absolute atomic E-state index is 14.6. The van der Waals surface area contributed by atoms with Gasteiger partial charge in [-0.1, -0.05) is 0 Å². The Morgan fingerprint density at radius 2 is 1.82 bits per heavy atom. The lowest BCUT2D eigenvalue weighted by Gasteiger charge is -2.29. The molecule has 1 atom stereocenters. The average molecular weight is 477 g/mol. The molecule has 34 heavy (non-hydrogen) atoms. The largest absolute Gasteiger partial charge is 0.493 e. The van der Waals surface area contributed by atoms with E-state index in [0.717, 1.165) is 13.8 Å². The number of aliphatic hydroxyl groups is 1. The molecular weight excluding hydrogens is 446 g/mol. The average Bonchev–Trinajstić information content (AvgIpc) is 2.78. The molecule has 10 heteroatoms. The predicted molar refractivity (Wildman–Crippen MR) is 125 cm³/mol. The Bertz CT molecular complexity index is 1150.